The molecule has 1 amide bonds. The monoisotopic (exact) mass is 342 g/mol. The van der Waals surface area contributed by atoms with E-state index >= 15 is 0 Å². The molecular formula is C13H18N4O3S2. The number of amides is 1. The summed E-state index contributed by atoms with van der Waals surface area (Å²) >= 11 is 6.23. The maximum Gasteiger partial charge on any atom is 0.324 e. The van der Waals surface area contributed by atoms with Crippen molar-refractivity contribution in [3.8, 4) is 0 Å². The quantitative estimate of drug-likeness (QED) is 0.510. The van der Waals surface area contributed by atoms with Gasteiger partial charge in [-0.1, -0.05) is 18.3 Å². The number of thiophene rings is 1. The third-order valence-corrected chi connectivity index (χ3v) is 4.79. The zero-order valence-corrected chi connectivity index (χ0v) is 13.9. The van der Waals surface area contributed by atoms with Crippen LogP contribution in [0.5, 0.6) is 0 Å². The Morgan fingerprint density at radius 2 is 2.00 bits per heavy atom. The summed E-state index contributed by atoms with van der Waals surface area (Å²) in [6.45, 7) is 5.41. The van der Waals surface area contributed by atoms with E-state index < -0.39 is 4.92 Å². The van der Waals surface area contributed by atoms with Gasteiger partial charge in [0.15, 0.2) is 5.11 Å². The molecule has 1 aromatic heterocycles. The molecule has 2 rings (SSSR count). The van der Waals surface area contributed by atoms with Crippen molar-refractivity contribution in [2.45, 2.75) is 13.3 Å². The van der Waals surface area contributed by atoms with Crippen molar-refractivity contribution in [2.24, 2.45) is 0 Å². The van der Waals surface area contributed by atoms with Gasteiger partial charge in [0, 0.05) is 38.8 Å². The van der Waals surface area contributed by atoms with Crippen LogP contribution in [0.4, 0.5) is 5.00 Å². The van der Waals surface area contributed by atoms with Crippen LogP contribution in [0.1, 0.15) is 23.0 Å². The Bertz CT molecular complexity index is 567. The van der Waals surface area contributed by atoms with Crippen LogP contribution in [-0.4, -0.2) is 58.5 Å². The Kier molecular flexibility index (Phi) is 5.67. The molecule has 7 nitrogen and oxygen atoms in total. The van der Waals surface area contributed by atoms with Crippen LogP contribution in [0.2, 0.25) is 0 Å². The molecule has 2 heterocycles. The van der Waals surface area contributed by atoms with Gasteiger partial charge in [-0.05, 0) is 24.7 Å². The predicted molar refractivity (Wildman–Crippen MR) is 89.3 cm³/mol. The molecule has 1 aliphatic heterocycles. The van der Waals surface area contributed by atoms with Crippen molar-refractivity contribution < 1.29 is 9.72 Å². The molecule has 1 fully saturated rings. The van der Waals surface area contributed by atoms with Crippen molar-refractivity contribution in [3.05, 3.63) is 27.1 Å². The van der Waals surface area contributed by atoms with Gasteiger partial charge in [-0.25, -0.2) is 0 Å². The molecule has 22 heavy (non-hydrogen) atoms. The lowest BCUT2D eigenvalue weighted by atomic mass is 10.3. The van der Waals surface area contributed by atoms with Gasteiger partial charge in [-0.3, -0.25) is 14.9 Å². The highest BCUT2D eigenvalue weighted by molar-refractivity contribution is 7.80. The van der Waals surface area contributed by atoms with Crippen molar-refractivity contribution in [1.29, 1.82) is 0 Å². The lowest BCUT2D eigenvalue weighted by Gasteiger charge is -2.36. The number of thiocarbonyl (C=S) groups is 1. The number of nitro groups is 1. The summed E-state index contributed by atoms with van der Waals surface area (Å²) in [5.74, 6) is -0.148. The van der Waals surface area contributed by atoms with Crippen molar-refractivity contribution in [1.82, 2.24) is 15.1 Å². The topological polar surface area (TPSA) is 78.7 Å². The lowest BCUT2D eigenvalue weighted by molar-refractivity contribution is -0.380. The van der Waals surface area contributed by atoms with Crippen molar-refractivity contribution in [2.75, 3.05) is 32.7 Å². The molecule has 0 saturated carbocycles. The van der Waals surface area contributed by atoms with E-state index in [2.05, 4.69) is 12.2 Å². The fourth-order valence-corrected chi connectivity index (χ4v) is 3.23. The summed E-state index contributed by atoms with van der Waals surface area (Å²) in [6, 6.07) is 2.89. The second-order valence-corrected chi connectivity index (χ2v) is 6.36. The van der Waals surface area contributed by atoms with Crippen LogP contribution in [0.25, 0.3) is 0 Å². The van der Waals surface area contributed by atoms with E-state index in [-0.39, 0.29) is 10.9 Å². The van der Waals surface area contributed by atoms with Crippen molar-refractivity contribution >= 4 is 39.6 Å². The molecule has 0 aliphatic carbocycles. The van der Waals surface area contributed by atoms with E-state index in [0.717, 1.165) is 29.4 Å². The molecule has 9 heteroatoms. The second kappa shape index (κ2) is 7.50. The second-order valence-electron chi connectivity index (χ2n) is 4.91. The molecule has 0 spiro atoms. The zero-order valence-electron chi connectivity index (χ0n) is 12.3. The molecule has 1 aliphatic rings. The number of piperazine rings is 1. The summed E-state index contributed by atoms with van der Waals surface area (Å²) in [6.07, 6.45) is 1.01. The SMILES string of the molecule is CCCNC(=S)N1CCN(C(=O)c2ccc([N+](=O)[O-])s2)CC1. The molecule has 0 radical (unpaired) electrons. The van der Waals surface area contributed by atoms with Gasteiger partial charge in [0.2, 0.25) is 0 Å². The molecule has 1 saturated heterocycles. The summed E-state index contributed by atoms with van der Waals surface area (Å²) in [5.41, 5.74) is 0. The van der Waals surface area contributed by atoms with Crippen LogP contribution in [0.3, 0.4) is 0 Å². The fraction of sp³-hybridized carbons (Fsp3) is 0.538. The minimum atomic E-state index is -0.475. The molecular weight excluding hydrogens is 324 g/mol. The Morgan fingerprint density at radius 1 is 1.36 bits per heavy atom. The molecule has 0 bridgehead atoms. The zero-order chi connectivity index (χ0) is 16.1. The van der Waals surface area contributed by atoms with Crippen LogP contribution in [0, 0.1) is 10.1 Å². The number of nitrogens with one attached hydrogen (secondary N) is 1. The van der Waals surface area contributed by atoms with Gasteiger partial charge in [-0.15, -0.1) is 0 Å². The fourth-order valence-electron chi connectivity index (χ4n) is 2.15. The third kappa shape index (κ3) is 3.92. The molecule has 0 aromatic carbocycles. The lowest BCUT2D eigenvalue weighted by Crippen LogP contribution is -2.53. The van der Waals surface area contributed by atoms with Gasteiger partial charge in [-0.2, -0.15) is 0 Å². The predicted octanol–water partition coefficient (Wildman–Crippen LogP) is 1.70. The van der Waals surface area contributed by atoms with Gasteiger partial charge < -0.3 is 15.1 Å². The van der Waals surface area contributed by atoms with Gasteiger partial charge in [0.1, 0.15) is 0 Å². The Labute approximate surface area is 138 Å². The van der Waals surface area contributed by atoms with Crippen LogP contribution >= 0.6 is 23.6 Å². The highest BCUT2D eigenvalue weighted by Gasteiger charge is 2.25. The number of carbonyl (C=O) groups is 1. The first-order chi connectivity index (χ1) is 10.5. The normalized spacial score (nSPS) is 14.8. The van der Waals surface area contributed by atoms with Crippen LogP contribution < -0.4 is 5.32 Å². The van der Waals surface area contributed by atoms with E-state index in [1.807, 2.05) is 4.90 Å². The number of nitrogens with zero attached hydrogens (tertiary/aromatic N) is 3. The minimum absolute atomic E-state index is 0.00747. The third-order valence-electron chi connectivity index (χ3n) is 3.36. The molecule has 1 N–H and O–H groups in total. The Balaban J connectivity index is 1.89. The molecule has 0 atom stereocenters. The maximum atomic E-state index is 12.3. The Morgan fingerprint density at radius 3 is 2.55 bits per heavy atom. The number of carbonyl (C=O) groups excluding carboxylic acids is 1. The van der Waals surface area contributed by atoms with E-state index in [9.17, 15) is 14.9 Å². The smallest absolute Gasteiger partial charge is 0.324 e. The van der Waals surface area contributed by atoms with E-state index in [1.165, 1.54) is 12.1 Å². The van der Waals surface area contributed by atoms with E-state index in [1.54, 1.807) is 4.90 Å². The Hall–Kier alpha value is -1.74. The van der Waals surface area contributed by atoms with Gasteiger partial charge in [0.05, 0.1) is 9.80 Å². The average Bonchev–Trinajstić information content (AvgIpc) is 3.02. The summed E-state index contributed by atoms with van der Waals surface area (Å²) < 4.78 is 0. The molecule has 0 unspecified atom stereocenters. The highest BCUT2D eigenvalue weighted by atomic mass is 32.1. The number of hydrogen-bond acceptors (Lipinski definition) is 5. The first-order valence-electron chi connectivity index (χ1n) is 7.09. The summed E-state index contributed by atoms with van der Waals surface area (Å²) in [5, 5.41) is 14.6. The summed E-state index contributed by atoms with van der Waals surface area (Å²) in [4.78, 5) is 26.7. The van der Waals surface area contributed by atoms with Crippen molar-refractivity contribution in [3.63, 3.8) is 0 Å². The average molecular weight is 342 g/mol. The van der Waals surface area contributed by atoms with Crippen LogP contribution in [0.15, 0.2) is 12.1 Å². The highest BCUT2D eigenvalue weighted by Crippen LogP contribution is 2.25. The molecule has 120 valence electrons. The number of rotatable bonds is 4. The van der Waals surface area contributed by atoms with E-state index in [0.29, 0.717) is 31.1 Å². The molecule has 1 aromatic rings. The van der Waals surface area contributed by atoms with Crippen LogP contribution in [-0.2, 0) is 0 Å². The van der Waals surface area contributed by atoms with Gasteiger partial charge >= 0.3 is 5.00 Å². The first-order valence-corrected chi connectivity index (χ1v) is 8.31. The maximum absolute atomic E-state index is 12.3. The number of hydrogen-bond donors (Lipinski definition) is 1. The largest absolute Gasteiger partial charge is 0.363 e. The minimum Gasteiger partial charge on any atom is -0.363 e. The van der Waals surface area contributed by atoms with Gasteiger partial charge in [0.25, 0.3) is 5.91 Å². The standard InChI is InChI=1S/C13H18N4O3S2/c1-2-5-14-13(21)16-8-6-15(7-9-16)12(18)10-3-4-11(22-10)17(19)20/h3-4H,2,5-9H2,1H3,(H,14,21). The first kappa shape index (κ1) is 16.6. The van der Waals surface area contributed by atoms with E-state index in [4.69, 9.17) is 12.2 Å². The summed E-state index contributed by atoms with van der Waals surface area (Å²) in [7, 11) is 0.